The number of fused-ring (bicyclic) bond motifs is 1. The summed E-state index contributed by atoms with van der Waals surface area (Å²) in [5, 5.41) is 5.86. The molecule has 0 aliphatic carbocycles. The van der Waals surface area contributed by atoms with Crippen molar-refractivity contribution in [1.82, 2.24) is 15.5 Å². The van der Waals surface area contributed by atoms with Crippen LogP contribution in [0.1, 0.15) is 47.2 Å². The molecule has 4 rings (SSSR count). The molecule has 3 atom stereocenters. The third kappa shape index (κ3) is 4.19. The minimum Gasteiger partial charge on any atom is -0.377 e. The van der Waals surface area contributed by atoms with E-state index < -0.39 is 6.04 Å². The van der Waals surface area contributed by atoms with Crippen molar-refractivity contribution in [2.45, 2.75) is 50.9 Å². The van der Waals surface area contributed by atoms with E-state index in [4.69, 9.17) is 10.5 Å². The molecule has 0 spiro atoms. The number of hydrogen-bond acceptors (Lipinski definition) is 6. The fourth-order valence-electron chi connectivity index (χ4n) is 4.54. The van der Waals surface area contributed by atoms with E-state index in [0.717, 1.165) is 37.1 Å². The summed E-state index contributed by atoms with van der Waals surface area (Å²) in [6, 6.07) is 5.15. The zero-order valence-electron chi connectivity index (χ0n) is 16.5. The number of nitrogens with one attached hydrogen (secondary N) is 2. The van der Waals surface area contributed by atoms with Crippen molar-refractivity contribution < 1.29 is 19.1 Å². The van der Waals surface area contributed by atoms with E-state index in [1.54, 1.807) is 4.90 Å². The molecule has 1 aromatic rings. The molecule has 3 heterocycles. The van der Waals surface area contributed by atoms with E-state index in [1.165, 1.54) is 0 Å². The highest BCUT2D eigenvalue weighted by Gasteiger charge is 2.39. The van der Waals surface area contributed by atoms with E-state index in [-0.39, 0.29) is 30.2 Å². The van der Waals surface area contributed by atoms with Gasteiger partial charge >= 0.3 is 0 Å². The Labute approximate surface area is 170 Å². The number of imide groups is 1. The Morgan fingerprint density at radius 3 is 2.90 bits per heavy atom. The Bertz CT molecular complexity index is 812. The fraction of sp³-hybridized carbons (Fsp3) is 0.571. The average Bonchev–Trinajstić information content (AvgIpc) is 3.06. The van der Waals surface area contributed by atoms with Gasteiger partial charge in [-0.15, -0.1) is 0 Å². The van der Waals surface area contributed by atoms with Gasteiger partial charge in [0.15, 0.2) is 0 Å². The summed E-state index contributed by atoms with van der Waals surface area (Å²) >= 11 is 0. The molecule has 8 nitrogen and oxygen atoms in total. The SMILES string of the molecule is NCC1CC(CNCc2cccc3c2CN(C2CCC(=O)NC2=O)C3=O)CCO1. The molecule has 29 heavy (non-hydrogen) atoms. The quantitative estimate of drug-likeness (QED) is 0.592. The maximum absolute atomic E-state index is 12.9. The maximum Gasteiger partial charge on any atom is 0.255 e. The second kappa shape index (κ2) is 8.61. The smallest absolute Gasteiger partial charge is 0.255 e. The molecule has 156 valence electrons. The number of amides is 3. The van der Waals surface area contributed by atoms with Crippen LogP contribution in [0.15, 0.2) is 18.2 Å². The van der Waals surface area contributed by atoms with E-state index in [0.29, 0.717) is 37.5 Å². The van der Waals surface area contributed by atoms with Gasteiger partial charge in [0.25, 0.3) is 5.91 Å². The summed E-state index contributed by atoms with van der Waals surface area (Å²) in [4.78, 5) is 38.1. The van der Waals surface area contributed by atoms with Crippen LogP contribution in [-0.2, 0) is 27.4 Å². The molecule has 4 N–H and O–H groups in total. The topological polar surface area (TPSA) is 114 Å². The highest BCUT2D eigenvalue weighted by atomic mass is 16.5. The first kappa shape index (κ1) is 20.0. The largest absolute Gasteiger partial charge is 0.377 e. The number of nitrogens with two attached hydrogens (primary N) is 1. The summed E-state index contributed by atoms with van der Waals surface area (Å²) in [5.74, 6) is -0.247. The zero-order chi connectivity index (χ0) is 20.4. The predicted molar refractivity (Wildman–Crippen MR) is 106 cm³/mol. The molecule has 3 amide bonds. The molecule has 1 aromatic carbocycles. The van der Waals surface area contributed by atoms with Crippen molar-refractivity contribution in [2.75, 3.05) is 19.7 Å². The van der Waals surface area contributed by atoms with E-state index in [1.807, 2.05) is 18.2 Å². The lowest BCUT2D eigenvalue weighted by molar-refractivity contribution is -0.136. The van der Waals surface area contributed by atoms with Crippen LogP contribution in [0.5, 0.6) is 0 Å². The second-order valence-electron chi connectivity index (χ2n) is 8.09. The molecule has 2 saturated heterocycles. The Balaban J connectivity index is 1.39. The van der Waals surface area contributed by atoms with Crippen LogP contribution in [-0.4, -0.2) is 54.5 Å². The minimum atomic E-state index is -0.580. The number of nitrogens with zero attached hydrogens (tertiary/aromatic N) is 1. The lowest BCUT2D eigenvalue weighted by Gasteiger charge is -2.29. The molecule has 3 aliphatic rings. The third-order valence-electron chi connectivity index (χ3n) is 6.17. The molecule has 0 bridgehead atoms. The molecular weight excluding hydrogens is 372 g/mol. The van der Waals surface area contributed by atoms with Gasteiger partial charge < -0.3 is 20.7 Å². The molecule has 0 aromatic heterocycles. The van der Waals surface area contributed by atoms with Gasteiger partial charge in [-0.05, 0) is 48.9 Å². The monoisotopic (exact) mass is 400 g/mol. The van der Waals surface area contributed by atoms with Gasteiger partial charge in [-0.2, -0.15) is 0 Å². The number of piperidine rings is 1. The van der Waals surface area contributed by atoms with Crippen molar-refractivity contribution >= 4 is 17.7 Å². The van der Waals surface area contributed by atoms with Gasteiger partial charge in [0.2, 0.25) is 11.8 Å². The zero-order valence-corrected chi connectivity index (χ0v) is 16.5. The normalized spacial score (nSPS) is 27.1. The Hall–Kier alpha value is -2.29. The molecule has 8 heteroatoms. The van der Waals surface area contributed by atoms with Crippen molar-refractivity contribution in [3.8, 4) is 0 Å². The van der Waals surface area contributed by atoms with Crippen LogP contribution in [0.3, 0.4) is 0 Å². The molecule has 3 aliphatic heterocycles. The standard InChI is InChI=1S/C21H28N4O4/c22-9-15-8-13(6-7-29-15)10-23-11-14-2-1-3-16-17(14)12-25(21(16)28)18-4-5-19(26)24-20(18)27/h1-3,13,15,18,23H,4-12,22H2,(H,24,26,27). The predicted octanol–water partition coefficient (Wildman–Crippen LogP) is 0.291. The average molecular weight is 400 g/mol. The van der Waals surface area contributed by atoms with Crippen molar-refractivity contribution in [2.24, 2.45) is 11.7 Å². The van der Waals surface area contributed by atoms with E-state index >= 15 is 0 Å². The molecule has 0 radical (unpaired) electrons. The Kier molecular flexibility index (Phi) is 5.94. The number of hydrogen-bond donors (Lipinski definition) is 3. The van der Waals surface area contributed by atoms with Gasteiger partial charge in [0.1, 0.15) is 6.04 Å². The first-order valence-corrected chi connectivity index (χ1v) is 10.3. The van der Waals surface area contributed by atoms with E-state index in [2.05, 4.69) is 10.6 Å². The first-order chi connectivity index (χ1) is 14.1. The summed E-state index contributed by atoms with van der Waals surface area (Å²) in [7, 11) is 0. The summed E-state index contributed by atoms with van der Waals surface area (Å²) in [6.07, 6.45) is 2.79. The second-order valence-corrected chi connectivity index (χ2v) is 8.09. The van der Waals surface area contributed by atoms with Crippen LogP contribution in [0, 0.1) is 5.92 Å². The maximum atomic E-state index is 12.9. The van der Waals surface area contributed by atoms with Crippen LogP contribution in [0.2, 0.25) is 0 Å². The van der Waals surface area contributed by atoms with Gasteiger partial charge in [-0.1, -0.05) is 12.1 Å². The van der Waals surface area contributed by atoms with Gasteiger partial charge in [0.05, 0.1) is 6.10 Å². The minimum absolute atomic E-state index is 0.133. The fourth-order valence-corrected chi connectivity index (χ4v) is 4.54. The molecule has 0 saturated carbocycles. The number of carbonyl (C=O) groups is 3. The summed E-state index contributed by atoms with van der Waals surface area (Å²) in [5.41, 5.74) is 8.43. The third-order valence-corrected chi connectivity index (χ3v) is 6.17. The van der Waals surface area contributed by atoms with Crippen LogP contribution < -0.4 is 16.4 Å². The van der Waals surface area contributed by atoms with Gasteiger partial charge in [-0.25, -0.2) is 0 Å². The summed E-state index contributed by atoms with van der Waals surface area (Å²) < 4.78 is 5.63. The number of rotatable bonds is 6. The molecule has 3 unspecified atom stereocenters. The first-order valence-electron chi connectivity index (χ1n) is 10.3. The van der Waals surface area contributed by atoms with Crippen LogP contribution >= 0.6 is 0 Å². The van der Waals surface area contributed by atoms with Crippen LogP contribution in [0.4, 0.5) is 0 Å². The highest BCUT2D eigenvalue weighted by molar-refractivity contribution is 6.05. The summed E-state index contributed by atoms with van der Waals surface area (Å²) in [6.45, 7) is 3.27. The van der Waals surface area contributed by atoms with Gasteiger partial charge in [0, 0.05) is 38.2 Å². The van der Waals surface area contributed by atoms with Crippen molar-refractivity contribution in [3.63, 3.8) is 0 Å². The lowest BCUT2D eigenvalue weighted by Crippen LogP contribution is -2.52. The van der Waals surface area contributed by atoms with E-state index in [9.17, 15) is 14.4 Å². The molecule has 2 fully saturated rings. The van der Waals surface area contributed by atoms with Crippen molar-refractivity contribution in [3.05, 3.63) is 34.9 Å². The van der Waals surface area contributed by atoms with Crippen molar-refractivity contribution in [1.29, 1.82) is 0 Å². The number of benzene rings is 1. The lowest BCUT2D eigenvalue weighted by atomic mass is 9.95. The van der Waals surface area contributed by atoms with Gasteiger partial charge in [-0.3, -0.25) is 19.7 Å². The Morgan fingerprint density at radius 1 is 1.24 bits per heavy atom. The number of carbonyl (C=O) groups excluding carboxylic acids is 3. The highest BCUT2D eigenvalue weighted by Crippen LogP contribution is 2.30. The Morgan fingerprint density at radius 2 is 2.10 bits per heavy atom. The molecular formula is C21H28N4O4. The number of ether oxygens (including phenoxy) is 1. The van der Waals surface area contributed by atoms with Crippen LogP contribution in [0.25, 0.3) is 0 Å².